The molecule has 0 radical (unpaired) electrons. The van der Waals surface area contributed by atoms with Crippen LogP contribution in [0.2, 0.25) is 0 Å². The van der Waals surface area contributed by atoms with Crippen LogP contribution in [-0.2, 0) is 23.9 Å². The van der Waals surface area contributed by atoms with E-state index in [9.17, 15) is 44.4 Å². The van der Waals surface area contributed by atoms with Gasteiger partial charge in [0.1, 0.15) is 28.9 Å². The maximum absolute atomic E-state index is 13.8. The quantitative estimate of drug-likeness (QED) is 0.219. The number of aliphatic hydroxyl groups is 3. The molecular formula is C27H27NO10. The Balaban J connectivity index is 1.71. The topological polar surface area (TPSA) is 202 Å². The van der Waals surface area contributed by atoms with Crippen LogP contribution in [0.1, 0.15) is 60.9 Å². The van der Waals surface area contributed by atoms with Crippen LogP contribution in [0, 0.1) is 17.8 Å². The van der Waals surface area contributed by atoms with E-state index >= 15 is 0 Å². The second kappa shape index (κ2) is 9.09. The van der Waals surface area contributed by atoms with Gasteiger partial charge >= 0.3 is 5.97 Å². The minimum absolute atomic E-state index is 0.148. The molecule has 0 heterocycles. The second-order valence-corrected chi connectivity index (χ2v) is 10.3. The third kappa shape index (κ3) is 3.56. The average Bonchev–Trinajstić information content (AvgIpc) is 3.15. The first kappa shape index (κ1) is 25.7. The van der Waals surface area contributed by atoms with Crippen LogP contribution in [-0.4, -0.2) is 61.4 Å². The molecule has 0 aliphatic heterocycles. The van der Waals surface area contributed by atoms with Crippen LogP contribution in [0.5, 0.6) is 5.75 Å². The highest BCUT2D eigenvalue weighted by atomic mass is 16.5. The number of Topliss-reactive ketones (excluding diaryl/α,β-unsaturated/α-hetero) is 3. The van der Waals surface area contributed by atoms with Crippen LogP contribution < -0.4 is 5.73 Å². The molecule has 1 aromatic carbocycles. The van der Waals surface area contributed by atoms with Crippen molar-refractivity contribution in [3.63, 3.8) is 0 Å². The highest BCUT2D eigenvalue weighted by Crippen LogP contribution is 2.53. The molecule has 5 rings (SSSR count). The van der Waals surface area contributed by atoms with Gasteiger partial charge < -0.3 is 30.9 Å². The summed E-state index contributed by atoms with van der Waals surface area (Å²) in [5.41, 5.74) is 0.0224. The Bertz CT molecular complexity index is 1350. The van der Waals surface area contributed by atoms with Gasteiger partial charge in [-0.3, -0.25) is 24.0 Å². The van der Waals surface area contributed by atoms with Crippen molar-refractivity contribution in [2.45, 2.75) is 56.7 Å². The molecule has 0 bridgehead atoms. The molecule has 200 valence electrons. The number of hydrogen-bond acceptors (Lipinski definition) is 10. The number of phenolic OH excluding ortho intramolecular Hbond substituents is 1. The second-order valence-electron chi connectivity index (χ2n) is 10.3. The third-order valence-electron chi connectivity index (χ3n) is 8.21. The van der Waals surface area contributed by atoms with E-state index in [2.05, 4.69) is 0 Å². The first-order valence-corrected chi connectivity index (χ1v) is 12.5. The number of hydrogen-bond donors (Lipinski definition) is 5. The number of benzene rings is 1. The molecule has 38 heavy (non-hydrogen) atoms. The molecule has 4 atom stereocenters. The van der Waals surface area contributed by atoms with Crippen molar-refractivity contribution in [2.24, 2.45) is 23.5 Å². The summed E-state index contributed by atoms with van der Waals surface area (Å²) in [6.07, 6.45) is 2.09. The monoisotopic (exact) mass is 525 g/mol. The van der Waals surface area contributed by atoms with Crippen molar-refractivity contribution in [1.82, 2.24) is 0 Å². The van der Waals surface area contributed by atoms with Gasteiger partial charge in [-0.1, -0.05) is 37.8 Å². The molecule has 4 aliphatic rings. The van der Waals surface area contributed by atoms with E-state index in [1.54, 1.807) is 0 Å². The molecule has 11 heteroatoms. The van der Waals surface area contributed by atoms with Gasteiger partial charge in [0.15, 0.2) is 17.2 Å². The van der Waals surface area contributed by atoms with Gasteiger partial charge in [0.25, 0.3) is 5.91 Å². The third-order valence-corrected chi connectivity index (χ3v) is 8.21. The largest absolute Gasteiger partial charge is 0.508 e. The summed E-state index contributed by atoms with van der Waals surface area (Å²) in [4.78, 5) is 65.5. The smallest absolute Gasteiger partial charge is 0.309 e. The van der Waals surface area contributed by atoms with E-state index in [4.69, 9.17) is 10.5 Å². The van der Waals surface area contributed by atoms with Gasteiger partial charge in [0.2, 0.25) is 5.78 Å². The number of ketones is 3. The maximum Gasteiger partial charge on any atom is 0.309 e. The Kier molecular flexibility index (Phi) is 6.13. The molecule has 2 saturated carbocycles. The standard InChI is InChI=1S/C27H27NO10/c28-25(35)17-15(30)10-13-22(38-26(36)11-6-3-1-2-4-7-11)18-19(24(34)27(13,37)23(17)33)21(32)16-12(20(18)31)8-5-9-14(16)29/h5,8-9,11,13,18,22,29,32-33,37H,1-4,6-7,10H2,(H2,28,35)/t13-,18+,22-,27-/m1/s1. The highest BCUT2D eigenvalue weighted by molar-refractivity contribution is 6.25. The van der Waals surface area contributed by atoms with Gasteiger partial charge in [-0.2, -0.15) is 0 Å². The van der Waals surface area contributed by atoms with Crippen molar-refractivity contribution in [3.8, 4) is 5.75 Å². The van der Waals surface area contributed by atoms with Gasteiger partial charge in [-0.15, -0.1) is 0 Å². The van der Waals surface area contributed by atoms with Crippen molar-refractivity contribution in [3.05, 3.63) is 46.2 Å². The summed E-state index contributed by atoms with van der Waals surface area (Å²) in [5.74, 6) is -11.7. The fourth-order valence-corrected chi connectivity index (χ4v) is 6.30. The number of carbonyl (C=O) groups is 5. The summed E-state index contributed by atoms with van der Waals surface area (Å²) in [6.45, 7) is 0. The lowest BCUT2D eigenvalue weighted by molar-refractivity contribution is -0.178. The first-order chi connectivity index (χ1) is 18.0. The number of amides is 1. The van der Waals surface area contributed by atoms with E-state index in [0.29, 0.717) is 12.8 Å². The molecule has 11 nitrogen and oxygen atoms in total. The highest BCUT2D eigenvalue weighted by Gasteiger charge is 2.67. The van der Waals surface area contributed by atoms with Crippen LogP contribution in [0.3, 0.4) is 0 Å². The number of aromatic hydroxyl groups is 1. The number of aliphatic hydroxyl groups excluding tert-OH is 2. The van der Waals surface area contributed by atoms with E-state index < -0.39 is 93.5 Å². The molecular weight excluding hydrogens is 498 g/mol. The molecule has 6 N–H and O–H groups in total. The van der Waals surface area contributed by atoms with Crippen LogP contribution >= 0.6 is 0 Å². The van der Waals surface area contributed by atoms with Crippen molar-refractivity contribution in [1.29, 1.82) is 0 Å². The number of esters is 1. The fourth-order valence-electron chi connectivity index (χ4n) is 6.30. The predicted octanol–water partition coefficient (Wildman–Crippen LogP) is 1.56. The lowest BCUT2D eigenvalue weighted by Gasteiger charge is -2.49. The number of fused-ring (bicyclic) bond motifs is 3. The van der Waals surface area contributed by atoms with Crippen molar-refractivity contribution in [2.75, 3.05) is 0 Å². The summed E-state index contributed by atoms with van der Waals surface area (Å²) < 4.78 is 5.81. The SMILES string of the molecule is NC(=O)C1=C(O)[C@@]2(O)C(=O)C3=C(O)c4c(O)cccc4C(=O)[C@H]3[C@H](OC(=O)C3CCCCCC3)[C@H]2CC1=O. The Morgan fingerprint density at radius 2 is 1.66 bits per heavy atom. The van der Waals surface area contributed by atoms with Crippen LogP contribution in [0.25, 0.3) is 5.76 Å². The number of primary amides is 1. The number of phenols is 1. The molecule has 0 saturated heterocycles. The maximum atomic E-state index is 13.8. The molecule has 0 spiro atoms. The number of rotatable bonds is 3. The van der Waals surface area contributed by atoms with Gasteiger partial charge in [0, 0.05) is 17.9 Å². The first-order valence-electron chi connectivity index (χ1n) is 12.5. The molecule has 1 amide bonds. The fraction of sp³-hybridized carbons (Fsp3) is 0.444. The Morgan fingerprint density at radius 1 is 1.00 bits per heavy atom. The van der Waals surface area contributed by atoms with E-state index in [0.717, 1.165) is 25.7 Å². The normalized spacial score (nSPS) is 29.8. The summed E-state index contributed by atoms with van der Waals surface area (Å²) in [6, 6.07) is 3.85. The zero-order valence-electron chi connectivity index (χ0n) is 20.3. The lowest BCUT2D eigenvalue weighted by Crippen LogP contribution is -2.65. The summed E-state index contributed by atoms with van der Waals surface area (Å²) in [7, 11) is 0. The zero-order valence-corrected chi connectivity index (χ0v) is 20.3. The summed E-state index contributed by atoms with van der Waals surface area (Å²) in [5, 5.41) is 44.0. The molecule has 2 fully saturated rings. The van der Waals surface area contributed by atoms with E-state index in [-0.39, 0.29) is 11.1 Å². The minimum Gasteiger partial charge on any atom is -0.508 e. The van der Waals surface area contributed by atoms with Crippen molar-refractivity contribution < 1.29 is 49.1 Å². The molecule has 1 aromatic rings. The molecule has 0 aromatic heterocycles. The van der Waals surface area contributed by atoms with Gasteiger partial charge in [-0.25, -0.2) is 0 Å². The number of ether oxygens (including phenoxy) is 1. The zero-order chi connectivity index (χ0) is 27.5. The van der Waals surface area contributed by atoms with Crippen LogP contribution in [0.15, 0.2) is 35.1 Å². The van der Waals surface area contributed by atoms with Crippen LogP contribution in [0.4, 0.5) is 0 Å². The predicted molar refractivity (Wildman–Crippen MR) is 128 cm³/mol. The van der Waals surface area contributed by atoms with Gasteiger partial charge in [0.05, 0.1) is 23.0 Å². The average molecular weight is 526 g/mol. The Morgan fingerprint density at radius 3 is 2.29 bits per heavy atom. The van der Waals surface area contributed by atoms with Gasteiger partial charge in [-0.05, 0) is 18.9 Å². The molecule has 4 aliphatic carbocycles. The lowest BCUT2D eigenvalue weighted by atomic mass is 9.57. The minimum atomic E-state index is -3.01. The summed E-state index contributed by atoms with van der Waals surface area (Å²) >= 11 is 0. The number of nitrogens with two attached hydrogens (primary N) is 1. The molecule has 0 unspecified atom stereocenters. The Hall–Kier alpha value is -3.99. The van der Waals surface area contributed by atoms with E-state index in [1.165, 1.54) is 18.2 Å². The van der Waals surface area contributed by atoms with E-state index in [1.807, 2.05) is 0 Å². The van der Waals surface area contributed by atoms with Crippen molar-refractivity contribution >= 4 is 35.0 Å². The Labute approximate surface area is 216 Å². The number of carbonyl (C=O) groups excluding carboxylic acids is 5.